The molecule has 10 heteroatoms. The molecule has 228 valence electrons. The lowest BCUT2D eigenvalue weighted by atomic mass is 10.1. The van der Waals surface area contributed by atoms with Crippen LogP contribution < -0.4 is 10.1 Å². The van der Waals surface area contributed by atoms with Gasteiger partial charge in [0.05, 0.1) is 25.1 Å². The molecule has 1 aromatic carbocycles. The monoisotopic (exact) mass is 603 g/mol. The first-order valence-corrected chi connectivity index (χ1v) is 15.6. The highest BCUT2D eigenvalue weighted by atomic mass is 32.2. The van der Waals surface area contributed by atoms with Gasteiger partial charge in [-0.1, -0.05) is 48.4 Å². The topological polar surface area (TPSA) is 90.2 Å². The average Bonchev–Trinajstić information content (AvgIpc) is 3.42. The summed E-state index contributed by atoms with van der Waals surface area (Å²) in [5, 5.41) is 4.10. The predicted molar refractivity (Wildman–Crippen MR) is 172 cm³/mol. The van der Waals surface area contributed by atoms with Crippen molar-refractivity contribution in [1.82, 2.24) is 19.8 Å². The number of ether oxygens (including phenoxy) is 3. The van der Waals surface area contributed by atoms with Gasteiger partial charge < -0.3 is 19.5 Å². The summed E-state index contributed by atoms with van der Waals surface area (Å²) in [7, 11) is 0. The van der Waals surface area contributed by atoms with Crippen LogP contribution in [0.2, 0.25) is 0 Å². The van der Waals surface area contributed by atoms with Crippen LogP contribution in [0.5, 0.6) is 5.75 Å². The number of aliphatic imine (C=N–C) groups is 1. The van der Waals surface area contributed by atoms with Gasteiger partial charge in [0.25, 0.3) is 0 Å². The number of nitrogens with one attached hydrogen (secondary N) is 1. The molecule has 1 aliphatic heterocycles. The summed E-state index contributed by atoms with van der Waals surface area (Å²) in [4.78, 5) is 23.2. The van der Waals surface area contributed by atoms with E-state index in [9.17, 15) is 4.79 Å². The number of hydrogen-bond acceptors (Lipinski definition) is 8. The molecule has 0 saturated carbocycles. The van der Waals surface area contributed by atoms with Crippen molar-refractivity contribution in [2.45, 2.75) is 50.1 Å². The van der Waals surface area contributed by atoms with E-state index in [1.54, 1.807) is 24.1 Å². The number of allylic oxidation sites excluding steroid dienone is 3. The normalized spacial score (nSPS) is 17.3. The molecule has 0 spiro atoms. The maximum atomic E-state index is 11.9. The van der Waals surface area contributed by atoms with Crippen LogP contribution in [0.25, 0.3) is 5.70 Å². The number of carbonyl (C=O) groups is 1. The summed E-state index contributed by atoms with van der Waals surface area (Å²) in [6.45, 7) is 12.6. The first kappa shape index (κ1) is 32.1. The number of amides is 1. The van der Waals surface area contributed by atoms with E-state index in [0.29, 0.717) is 18.4 Å². The van der Waals surface area contributed by atoms with Gasteiger partial charge in [0.1, 0.15) is 12.4 Å². The second kappa shape index (κ2) is 17.4. The molecule has 1 atom stereocenters. The average molecular weight is 604 g/mol. The number of aryl methyl sites for hydroxylation is 1. The lowest BCUT2D eigenvalue weighted by Gasteiger charge is -2.26. The summed E-state index contributed by atoms with van der Waals surface area (Å²) < 4.78 is 18.8. The SMILES string of the molecule is C=C/C=N\C=C(/C)n1c(COc2ccc(C#CCOC(=O)NCCN3CCOCC3)c(C)c2)cnc1SC1C=CCCC1. The van der Waals surface area contributed by atoms with E-state index < -0.39 is 6.09 Å². The van der Waals surface area contributed by atoms with E-state index in [1.165, 1.54) is 6.42 Å². The molecule has 1 aliphatic carbocycles. The van der Waals surface area contributed by atoms with Crippen molar-refractivity contribution in [2.75, 3.05) is 46.0 Å². The van der Waals surface area contributed by atoms with Gasteiger partial charge in [0.15, 0.2) is 11.8 Å². The van der Waals surface area contributed by atoms with E-state index in [4.69, 9.17) is 19.2 Å². The van der Waals surface area contributed by atoms with Crippen LogP contribution >= 0.6 is 11.8 Å². The molecule has 1 saturated heterocycles. The molecule has 1 unspecified atom stereocenters. The minimum atomic E-state index is -0.461. The minimum absolute atomic E-state index is 0.0196. The van der Waals surface area contributed by atoms with Crippen molar-refractivity contribution in [2.24, 2.45) is 4.99 Å². The number of nitrogens with zero attached hydrogens (tertiary/aromatic N) is 4. The van der Waals surface area contributed by atoms with Gasteiger partial charge >= 0.3 is 6.09 Å². The van der Waals surface area contributed by atoms with Crippen LogP contribution in [-0.4, -0.2) is 78.0 Å². The Kier molecular flexibility index (Phi) is 13.0. The van der Waals surface area contributed by atoms with Crippen LogP contribution in [0.1, 0.15) is 43.0 Å². The molecule has 2 heterocycles. The second-order valence-corrected chi connectivity index (χ2v) is 11.4. The van der Waals surface area contributed by atoms with Crippen molar-refractivity contribution in [3.63, 3.8) is 0 Å². The highest BCUT2D eigenvalue weighted by molar-refractivity contribution is 7.99. The Bertz CT molecular complexity index is 1380. The van der Waals surface area contributed by atoms with E-state index in [2.05, 4.69) is 50.3 Å². The van der Waals surface area contributed by atoms with Gasteiger partial charge in [-0.05, 0) is 56.9 Å². The molecule has 1 N–H and O–H groups in total. The summed E-state index contributed by atoms with van der Waals surface area (Å²) in [6, 6.07) is 5.78. The molecular weight excluding hydrogens is 562 g/mol. The number of alkyl carbamates (subject to hydrolysis) is 1. The third-order valence-corrected chi connectivity index (χ3v) is 8.15. The van der Waals surface area contributed by atoms with Crippen LogP contribution in [0.4, 0.5) is 4.79 Å². The fourth-order valence-corrected chi connectivity index (χ4v) is 5.89. The van der Waals surface area contributed by atoms with Crippen LogP contribution in [0.15, 0.2) is 65.6 Å². The number of benzene rings is 1. The van der Waals surface area contributed by atoms with E-state index >= 15 is 0 Å². The zero-order chi connectivity index (χ0) is 30.3. The molecule has 2 aliphatic rings. The highest BCUT2D eigenvalue weighted by Crippen LogP contribution is 2.32. The summed E-state index contributed by atoms with van der Waals surface area (Å²) >= 11 is 1.77. The smallest absolute Gasteiger partial charge is 0.408 e. The van der Waals surface area contributed by atoms with Crippen molar-refractivity contribution in [1.29, 1.82) is 0 Å². The zero-order valence-corrected chi connectivity index (χ0v) is 25.9. The first-order chi connectivity index (χ1) is 21.0. The van der Waals surface area contributed by atoms with Crippen molar-refractivity contribution in [3.05, 3.63) is 72.2 Å². The molecule has 4 rings (SSSR count). The number of aromatic nitrogens is 2. The Balaban J connectivity index is 1.30. The molecule has 1 amide bonds. The van der Waals surface area contributed by atoms with Crippen LogP contribution in [-0.2, 0) is 16.1 Å². The lowest BCUT2D eigenvalue weighted by Crippen LogP contribution is -2.41. The number of carbonyl (C=O) groups excluding carboxylic acids is 1. The molecule has 9 nitrogen and oxygen atoms in total. The summed E-state index contributed by atoms with van der Waals surface area (Å²) in [5.74, 6) is 6.75. The predicted octanol–water partition coefficient (Wildman–Crippen LogP) is 5.46. The van der Waals surface area contributed by atoms with Gasteiger partial charge in [-0.25, -0.2) is 9.78 Å². The molecule has 2 aromatic rings. The number of morpholine rings is 1. The van der Waals surface area contributed by atoms with Crippen molar-refractivity contribution >= 4 is 29.8 Å². The van der Waals surface area contributed by atoms with Crippen LogP contribution in [0, 0.1) is 18.8 Å². The molecule has 0 radical (unpaired) electrons. The van der Waals surface area contributed by atoms with Crippen molar-refractivity contribution in [3.8, 4) is 17.6 Å². The minimum Gasteiger partial charge on any atom is -0.487 e. The molecule has 1 fully saturated rings. The van der Waals surface area contributed by atoms with Crippen molar-refractivity contribution < 1.29 is 19.0 Å². The lowest BCUT2D eigenvalue weighted by molar-refractivity contribution is 0.0383. The highest BCUT2D eigenvalue weighted by Gasteiger charge is 2.18. The third kappa shape index (κ3) is 10.5. The second-order valence-electron chi connectivity index (χ2n) is 10.2. The number of thioether (sulfide) groups is 1. The molecule has 43 heavy (non-hydrogen) atoms. The molecule has 0 bridgehead atoms. The Labute approximate surface area is 259 Å². The fourth-order valence-electron chi connectivity index (χ4n) is 4.66. The number of imidazole rings is 1. The van der Waals surface area contributed by atoms with Gasteiger partial charge in [0, 0.05) is 55.1 Å². The maximum absolute atomic E-state index is 11.9. The van der Waals surface area contributed by atoms with Crippen LogP contribution in [0.3, 0.4) is 0 Å². The van der Waals surface area contributed by atoms with Gasteiger partial charge in [-0.3, -0.25) is 14.5 Å². The van der Waals surface area contributed by atoms with Gasteiger partial charge in [-0.15, -0.1) is 0 Å². The standard InChI is InChI=1S/C33H41N5O4S/c1-4-14-34-23-27(3)38-29(24-36-32(38)43-31-10-6-5-7-11-31)25-42-30-13-12-28(26(2)22-30)9-8-19-41-33(39)35-15-16-37-17-20-40-21-18-37/h4,6,10,12-14,22-24,31H,1,5,7,11,15-21,25H2,2-3H3,(H,35,39)/b27-23+,34-14-. The Morgan fingerprint density at radius 1 is 1.35 bits per heavy atom. The molecular formula is C33H41N5O4S. The first-order valence-electron chi connectivity index (χ1n) is 14.7. The number of rotatable bonds is 12. The van der Waals surface area contributed by atoms with E-state index in [0.717, 1.165) is 79.1 Å². The Morgan fingerprint density at radius 3 is 2.98 bits per heavy atom. The Morgan fingerprint density at radius 2 is 2.21 bits per heavy atom. The quantitative estimate of drug-likeness (QED) is 0.196. The third-order valence-electron chi connectivity index (χ3n) is 6.96. The van der Waals surface area contributed by atoms with Gasteiger partial charge in [-0.2, -0.15) is 0 Å². The molecule has 1 aromatic heterocycles. The summed E-state index contributed by atoms with van der Waals surface area (Å²) in [5.41, 5.74) is 3.72. The largest absolute Gasteiger partial charge is 0.487 e. The Hall–Kier alpha value is -3.78. The van der Waals surface area contributed by atoms with Gasteiger partial charge in [0.2, 0.25) is 0 Å². The number of hydrogen-bond donors (Lipinski definition) is 1. The fraction of sp³-hybridized carbons (Fsp3) is 0.424. The van der Waals surface area contributed by atoms with E-state index in [-0.39, 0.29) is 6.61 Å². The van der Waals surface area contributed by atoms with E-state index in [1.807, 2.05) is 44.4 Å². The summed E-state index contributed by atoms with van der Waals surface area (Å²) in [6.07, 6.45) is 14.5. The maximum Gasteiger partial charge on any atom is 0.408 e. The zero-order valence-electron chi connectivity index (χ0n) is 25.1.